The summed E-state index contributed by atoms with van der Waals surface area (Å²) in [6.07, 6.45) is -2.72. The number of benzene rings is 2. The number of H-pyrrole nitrogens is 1. The Kier molecular flexibility index (Phi) is 5.86. The van der Waals surface area contributed by atoms with Crippen LogP contribution >= 0.6 is 0 Å². The molecular weight excluding hydrogens is 479 g/mol. The summed E-state index contributed by atoms with van der Waals surface area (Å²) >= 11 is 0. The molecule has 4 aromatic rings. The van der Waals surface area contributed by atoms with Crippen molar-refractivity contribution in [1.82, 2.24) is 19.5 Å². The van der Waals surface area contributed by atoms with Gasteiger partial charge in [0.25, 0.3) is 11.5 Å². The molecule has 9 nitrogen and oxygen atoms in total. The first-order valence-electron chi connectivity index (χ1n) is 11.1. The lowest BCUT2D eigenvalue weighted by Gasteiger charge is -2.29. The molecule has 3 heterocycles. The summed E-state index contributed by atoms with van der Waals surface area (Å²) in [5.74, 6) is -1.16. The predicted octanol–water partition coefficient (Wildman–Crippen LogP) is 3.66. The maximum absolute atomic E-state index is 12.9. The van der Waals surface area contributed by atoms with Crippen LogP contribution in [-0.4, -0.2) is 51.3 Å². The van der Waals surface area contributed by atoms with Crippen molar-refractivity contribution in [3.8, 4) is 5.75 Å². The first-order valence-corrected chi connectivity index (χ1v) is 11.1. The number of carbonyl (C=O) groups is 2. The number of nitrogens with one attached hydrogen (secondary N) is 2. The fourth-order valence-electron chi connectivity index (χ4n) is 4.51. The number of rotatable bonds is 5. The van der Waals surface area contributed by atoms with Gasteiger partial charge in [0.05, 0.1) is 22.3 Å². The molecule has 1 aliphatic heterocycles. The van der Waals surface area contributed by atoms with Crippen molar-refractivity contribution in [3.05, 3.63) is 70.1 Å². The largest absolute Gasteiger partial charge is 0.573 e. The number of piperidine rings is 1. The van der Waals surface area contributed by atoms with E-state index in [0.717, 1.165) is 18.5 Å². The number of anilines is 1. The van der Waals surface area contributed by atoms with E-state index in [0.29, 0.717) is 53.9 Å². The Morgan fingerprint density at radius 3 is 2.61 bits per heavy atom. The summed E-state index contributed by atoms with van der Waals surface area (Å²) in [4.78, 5) is 41.0. The Balaban J connectivity index is 1.51. The highest BCUT2D eigenvalue weighted by Gasteiger charge is 2.31. The zero-order valence-electron chi connectivity index (χ0n) is 18.7. The zero-order chi connectivity index (χ0) is 25.4. The van der Waals surface area contributed by atoms with E-state index >= 15 is 0 Å². The van der Waals surface area contributed by atoms with Crippen molar-refractivity contribution in [2.24, 2.45) is 0 Å². The van der Waals surface area contributed by atoms with Crippen LogP contribution in [0, 0.1) is 0 Å². The number of alkyl halides is 3. The van der Waals surface area contributed by atoms with Gasteiger partial charge < -0.3 is 19.9 Å². The molecule has 2 aromatic heterocycles. The van der Waals surface area contributed by atoms with E-state index in [1.165, 1.54) is 18.2 Å². The quantitative estimate of drug-likeness (QED) is 0.408. The molecule has 0 radical (unpaired) electrons. The number of likely N-dealkylation sites (tertiary alicyclic amines) is 1. The summed E-state index contributed by atoms with van der Waals surface area (Å²) in [6, 6.07) is 11.2. The predicted molar refractivity (Wildman–Crippen MR) is 124 cm³/mol. The number of ether oxygens (including phenoxy) is 1. The average Bonchev–Trinajstić information content (AvgIpc) is 3.22. The normalized spacial score (nSPS) is 14.8. The van der Waals surface area contributed by atoms with Gasteiger partial charge in [-0.05, 0) is 43.2 Å². The smallest absolute Gasteiger partial charge is 0.406 e. The number of aromatic amines is 1. The molecular formula is C24H20F3N5O4. The Morgan fingerprint density at radius 1 is 1.14 bits per heavy atom. The van der Waals surface area contributed by atoms with Gasteiger partial charge in [0, 0.05) is 30.6 Å². The van der Waals surface area contributed by atoms with E-state index in [9.17, 15) is 27.6 Å². The van der Waals surface area contributed by atoms with Crippen LogP contribution in [0.15, 0.2) is 53.3 Å². The van der Waals surface area contributed by atoms with Gasteiger partial charge in [0.2, 0.25) is 6.41 Å². The fraction of sp³-hybridized carbons (Fsp3) is 0.250. The van der Waals surface area contributed by atoms with Crippen LogP contribution in [0.4, 0.5) is 18.9 Å². The lowest BCUT2D eigenvalue weighted by atomic mass is 9.93. The summed E-state index contributed by atoms with van der Waals surface area (Å²) in [6.45, 7) is 1.14. The summed E-state index contributed by atoms with van der Waals surface area (Å²) < 4.78 is 43.2. The molecule has 0 atom stereocenters. The van der Waals surface area contributed by atoms with Crippen molar-refractivity contribution in [2.45, 2.75) is 25.1 Å². The number of halogens is 3. The molecule has 5 rings (SSSR count). The standard InChI is InChI=1S/C24H20F3N5O4/c25-24(26,27)36-16-4-1-3-15(11-16)23(35)28-17-5-2-6-18-21(17)22-29-20(34)12-19(32(22)30-18)14-7-9-31(13-33)10-8-14/h1-6,11-14H,7-10H2,(H,28,35)(H,29,34). The molecule has 36 heavy (non-hydrogen) atoms. The molecule has 12 heteroatoms. The second-order valence-electron chi connectivity index (χ2n) is 8.46. The third-order valence-corrected chi connectivity index (χ3v) is 6.14. The van der Waals surface area contributed by atoms with Gasteiger partial charge in [-0.1, -0.05) is 12.1 Å². The number of hydrogen-bond acceptors (Lipinski definition) is 5. The number of amides is 2. The fourth-order valence-corrected chi connectivity index (χ4v) is 4.51. The Hall–Kier alpha value is -4.35. The first-order chi connectivity index (χ1) is 17.2. The van der Waals surface area contributed by atoms with Crippen LogP contribution < -0.4 is 15.6 Å². The molecule has 1 saturated heterocycles. The van der Waals surface area contributed by atoms with Gasteiger partial charge in [0.15, 0.2) is 0 Å². The van der Waals surface area contributed by atoms with E-state index < -0.39 is 18.0 Å². The van der Waals surface area contributed by atoms with E-state index in [2.05, 4.69) is 20.1 Å². The zero-order valence-corrected chi connectivity index (χ0v) is 18.7. The third kappa shape index (κ3) is 4.61. The lowest BCUT2D eigenvalue weighted by Crippen LogP contribution is -2.32. The molecule has 2 aromatic carbocycles. The highest BCUT2D eigenvalue weighted by molar-refractivity contribution is 6.12. The first kappa shape index (κ1) is 23.4. The van der Waals surface area contributed by atoms with Gasteiger partial charge >= 0.3 is 6.36 Å². The van der Waals surface area contributed by atoms with Gasteiger partial charge in [-0.2, -0.15) is 5.10 Å². The van der Waals surface area contributed by atoms with Crippen molar-refractivity contribution >= 4 is 34.6 Å². The van der Waals surface area contributed by atoms with Gasteiger partial charge in [-0.3, -0.25) is 14.4 Å². The van der Waals surface area contributed by atoms with Gasteiger partial charge in [0.1, 0.15) is 11.4 Å². The third-order valence-electron chi connectivity index (χ3n) is 6.14. The average molecular weight is 499 g/mol. The minimum Gasteiger partial charge on any atom is -0.406 e. The van der Waals surface area contributed by atoms with Crippen molar-refractivity contribution in [2.75, 3.05) is 18.4 Å². The van der Waals surface area contributed by atoms with Crippen LogP contribution in [0.25, 0.3) is 16.6 Å². The summed E-state index contributed by atoms with van der Waals surface area (Å²) in [5, 5.41) is 7.82. The topological polar surface area (TPSA) is 109 Å². The maximum Gasteiger partial charge on any atom is 0.573 e. The van der Waals surface area contributed by atoms with Crippen LogP contribution in [0.2, 0.25) is 0 Å². The van der Waals surface area contributed by atoms with Crippen LogP contribution in [0.3, 0.4) is 0 Å². The van der Waals surface area contributed by atoms with Crippen LogP contribution in [0.5, 0.6) is 5.75 Å². The number of nitrogens with zero attached hydrogens (tertiary/aromatic N) is 3. The second kappa shape index (κ2) is 9.02. The summed E-state index contributed by atoms with van der Waals surface area (Å²) in [7, 11) is 0. The molecule has 2 amide bonds. The van der Waals surface area contributed by atoms with Crippen LogP contribution in [0.1, 0.15) is 34.8 Å². The Morgan fingerprint density at radius 2 is 1.89 bits per heavy atom. The minimum absolute atomic E-state index is 0.00901. The van der Waals surface area contributed by atoms with Gasteiger partial charge in [-0.25, -0.2) is 4.52 Å². The highest BCUT2D eigenvalue weighted by atomic mass is 19.4. The van der Waals surface area contributed by atoms with Crippen molar-refractivity contribution in [1.29, 1.82) is 0 Å². The summed E-state index contributed by atoms with van der Waals surface area (Å²) in [5.41, 5.74) is 1.55. The Bertz CT molecular complexity index is 1520. The molecule has 186 valence electrons. The van der Waals surface area contributed by atoms with Crippen molar-refractivity contribution in [3.63, 3.8) is 0 Å². The minimum atomic E-state index is -4.88. The van der Waals surface area contributed by atoms with Crippen LogP contribution in [-0.2, 0) is 4.79 Å². The van der Waals surface area contributed by atoms with E-state index in [1.54, 1.807) is 27.6 Å². The van der Waals surface area contributed by atoms with E-state index in [4.69, 9.17) is 0 Å². The number of carbonyl (C=O) groups excluding carboxylic acids is 2. The van der Waals surface area contributed by atoms with Crippen molar-refractivity contribution < 1.29 is 27.5 Å². The van der Waals surface area contributed by atoms with E-state index in [1.807, 2.05) is 0 Å². The van der Waals surface area contributed by atoms with E-state index in [-0.39, 0.29) is 17.0 Å². The number of hydrogen-bond donors (Lipinski definition) is 2. The molecule has 0 unspecified atom stereocenters. The SMILES string of the molecule is O=CN1CCC(c2cc(=O)[nH]c3c4c(NC(=O)c5cccc(OC(F)(F)F)c5)cccc4nn23)CC1. The lowest BCUT2D eigenvalue weighted by molar-refractivity contribution is -0.274. The highest BCUT2D eigenvalue weighted by Crippen LogP contribution is 2.32. The Labute approximate surface area is 201 Å². The molecule has 0 saturated carbocycles. The number of aromatic nitrogens is 3. The second-order valence-corrected chi connectivity index (χ2v) is 8.46. The molecule has 1 fully saturated rings. The maximum atomic E-state index is 12.9. The molecule has 0 bridgehead atoms. The number of fused-ring (bicyclic) bond motifs is 3. The molecule has 0 spiro atoms. The molecule has 1 aliphatic rings. The van der Waals surface area contributed by atoms with Gasteiger partial charge in [-0.15, -0.1) is 13.2 Å². The molecule has 0 aliphatic carbocycles. The molecule has 2 N–H and O–H groups in total. The monoisotopic (exact) mass is 499 g/mol.